The van der Waals surface area contributed by atoms with Crippen LogP contribution < -0.4 is 4.74 Å². The molecule has 0 N–H and O–H groups in total. The van der Waals surface area contributed by atoms with Crippen molar-refractivity contribution >= 4 is 21.4 Å². The van der Waals surface area contributed by atoms with Gasteiger partial charge < -0.3 is 4.74 Å². The van der Waals surface area contributed by atoms with Crippen molar-refractivity contribution in [2.75, 3.05) is 5.75 Å². The molecular formula is C16H17ClO3S. The van der Waals surface area contributed by atoms with Gasteiger partial charge in [-0.05, 0) is 55.3 Å². The van der Waals surface area contributed by atoms with Gasteiger partial charge in [0.05, 0.1) is 10.6 Å². The lowest BCUT2D eigenvalue weighted by atomic mass is 10.2. The smallest absolute Gasteiger partial charge is 0.178 e. The van der Waals surface area contributed by atoms with Gasteiger partial charge in [0, 0.05) is 5.02 Å². The Hall–Kier alpha value is -1.52. The molecule has 0 atom stereocenters. The molecule has 21 heavy (non-hydrogen) atoms. The third-order valence-corrected chi connectivity index (χ3v) is 5.32. The van der Waals surface area contributed by atoms with Gasteiger partial charge in [-0.3, -0.25) is 0 Å². The summed E-state index contributed by atoms with van der Waals surface area (Å²) in [4.78, 5) is 0.329. The summed E-state index contributed by atoms with van der Waals surface area (Å²) < 4.78 is 30.1. The van der Waals surface area contributed by atoms with E-state index < -0.39 is 9.84 Å². The topological polar surface area (TPSA) is 43.4 Å². The number of benzene rings is 2. The molecule has 2 aromatic carbocycles. The Morgan fingerprint density at radius 1 is 1.05 bits per heavy atom. The van der Waals surface area contributed by atoms with Gasteiger partial charge in [-0.15, -0.1) is 0 Å². The minimum absolute atomic E-state index is 0.137. The standard InChI is InChI=1S/C16H17ClO3S/c1-3-10-21(18,19)16-11-15(7-4-12(16)2)20-14-8-5-13(17)6-9-14/h4-9,11H,3,10H2,1-2H3. The van der Waals surface area contributed by atoms with Crippen molar-refractivity contribution < 1.29 is 13.2 Å². The fraction of sp³-hybridized carbons (Fsp3) is 0.250. The molecule has 0 amide bonds. The largest absolute Gasteiger partial charge is 0.457 e. The maximum Gasteiger partial charge on any atom is 0.178 e. The first-order valence-corrected chi connectivity index (χ1v) is 8.72. The van der Waals surface area contributed by atoms with Crippen LogP contribution in [0.1, 0.15) is 18.9 Å². The summed E-state index contributed by atoms with van der Waals surface area (Å²) in [7, 11) is -3.26. The van der Waals surface area contributed by atoms with E-state index in [1.54, 1.807) is 49.4 Å². The molecule has 0 aliphatic heterocycles. The van der Waals surface area contributed by atoms with Gasteiger partial charge in [0.1, 0.15) is 11.5 Å². The van der Waals surface area contributed by atoms with Gasteiger partial charge in [-0.2, -0.15) is 0 Å². The van der Waals surface area contributed by atoms with Crippen molar-refractivity contribution in [1.82, 2.24) is 0 Å². The molecule has 0 unspecified atom stereocenters. The predicted molar refractivity (Wildman–Crippen MR) is 85.0 cm³/mol. The van der Waals surface area contributed by atoms with Crippen molar-refractivity contribution in [1.29, 1.82) is 0 Å². The Balaban J connectivity index is 2.32. The molecule has 5 heteroatoms. The second kappa shape index (κ2) is 6.50. The SMILES string of the molecule is CCCS(=O)(=O)c1cc(Oc2ccc(Cl)cc2)ccc1C. The zero-order valence-electron chi connectivity index (χ0n) is 12.0. The Morgan fingerprint density at radius 3 is 2.29 bits per heavy atom. The number of hydrogen-bond donors (Lipinski definition) is 0. The van der Waals surface area contributed by atoms with E-state index in [-0.39, 0.29) is 5.75 Å². The third kappa shape index (κ3) is 3.99. The summed E-state index contributed by atoms with van der Waals surface area (Å²) >= 11 is 5.82. The van der Waals surface area contributed by atoms with Crippen LogP contribution in [0.3, 0.4) is 0 Å². The summed E-state index contributed by atoms with van der Waals surface area (Å²) in [5, 5.41) is 0.623. The Morgan fingerprint density at radius 2 is 1.67 bits per heavy atom. The lowest BCUT2D eigenvalue weighted by Gasteiger charge is -2.10. The highest BCUT2D eigenvalue weighted by Gasteiger charge is 2.17. The lowest BCUT2D eigenvalue weighted by molar-refractivity contribution is 0.480. The Labute approximate surface area is 130 Å². The Bertz CT molecular complexity index is 722. The summed E-state index contributed by atoms with van der Waals surface area (Å²) in [5.41, 5.74) is 0.729. The van der Waals surface area contributed by atoms with E-state index in [2.05, 4.69) is 0 Å². The van der Waals surface area contributed by atoms with Gasteiger partial charge in [0.25, 0.3) is 0 Å². The molecule has 0 bridgehead atoms. The predicted octanol–water partition coefficient (Wildman–Crippen LogP) is 4.62. The molecule has 0 aliphatic rings. The van der Waals surface area contributed by atoms with Crippen LogP contribution in [0.5, 0.6) is 11.5 Å². The molecule has 0 fully saturated rings. The highest BCUT2D eigenvalue weighted by molar-refractivity contribution is 7.91. The van der Waals surface area contributed by atoms with Crippen LogP contribution in [0.15, 0.2) is 47.4 Å². The van der Waals surface area contributed by atoms with E-state index in [1.165, 1.54) is 0 Å². The first-order chi connectivity index (χ1) is 9.92. The molecule has 0 aromatic heterocycles. The molecule has 0 aliphatic carbocycles. The highest BCUT2D eigenvalue weighted by atomic mass is 35.5. The van der Waals surface area contributed by atoms with Crippen LogP contribution in [0.25, 0.3) is 0 Å². The highest BCUT2D eigenvalue weighted by Crippen LogP contribution is 2.27. The quantitative estimate of drug-likeness (QED) is 0.805. The van der Waals surface area contributed by atoms with E-state index in [0.717, 1.165) is 5.56 Å². The molecule has 2 aromatic rings. The van der Waals surface area contributed by atoms with E-state index in [1.807, 2.05) is 6.92 Å². The van der Waals surface area contributed by atoms with Gasteiger partial charge in [0.2, 0.25) is 0 Å². The van der Waals surface area contributed by atoms with Crippen molar-refractivity contribution in [3.8, 4) is 11.5 Å². The zero-order valence-corrected chi connectivity index (χ0v) is 13.5. The second-order valence-electron chi connectivity index (χ2n) is 4.80. The van der Waals surface area contributed by atoms with Crippen molar-refractivity contribution in [3.05, 3.63) is 53.1 Å². The van der Waals surface area contributed by atoms with E-state index >= 15 is 0 Å². The molecule has 0 spiro atoms. The van der Waals surface area contributed by atoms with Gasteiger partial charge in [-0.25, -0.2) is 8.42 Å². The maximum atomic E-state index is 12.2. The molecule has 0 saturated heterocycles. The molecule has 112 valence electrons. The van der Waals surface area contributed by atoms with E-state index in [4.69, 9.17) is 16.3 Å². The third-order valence-electron chi connectivity index (χ3n) is 3.02. The number of hydrogen-bond acceptors (Lipinski definition) is 3. The molecule has 2 rings (SSSR count). The summed E-state index contributed by atoms with van der Waals surface area (Å²) in [6.45, 7) is 3.63. The van der Waals surface area contributed by atoms with Crippen LogP contribution in [0.4, 0.5) is 0 Å². The fourth-order valence-electron chi connectivity index (χ4n) is 2.00. The van der Waals surface area contributed by atoms with E-state index in [0.29, 0.717) is 27.8 Å². The minimum atomic E-state index is -3.26. The minimum Gasteiger partial charge on any atom is -0.457 e. The number of sulfone groups is 1. The molecule has 0 saturated carbocycles. The van der Waals surface area contributed by atoms with Crippen LogP contribution in [0.2, 0.25) is 5.02 Å². The van der Waals surface area contributed by atoms with E-state index in [9.17, 15) is 8.42 Å². The van der Waals surface area contributed by atoms with Crippen LogP contribution >= 0.6 is 11.6 Å². The van der Waals surface area contributed by atoms with Crippen molar-refractivity contribution in [3.63, 3.8) is 0 Å². The summed E-state index contributed by atoms with van der Waals surface area (Å²) in [6, 6.07) is 12.0. The average Bonchev–Trinajstić information content (AvgIpc) is 2.43. The average molecular weight is 325 g/mol. The van der Waals surface area contributed by atoms with Crippen LogP contribution in [-0.2, 0) is 9.84 Å². The summed E-state index contributed by atoms with van der Waals surface area (Å²) in [5.74, 6) is 1.25. The van der Waals surface area contributed by atoms with Gasteiger partial charge in [0.15, 0.2) is 9.84 Å². The van der Waals surface area contributed by atoms with Crippen molar-refractivity contribution in [2.45, 2.75) is 25.2 Å². The van der Waals surface area contributed by atoms with Gasteiger partial charge in [-0.1, -0.05) is 24.6 Å². The molecule has 0 heterocycles. The first kappa shape index (κ1) is 15.9. The number of rotatable bonds is 5. The number of ether oxygens (including phenoxy) is 1. The van der Waals surface area contributed by atoms with Gasteiger partial charge >= 0.3 is 0 Å². The normalized spacial score (nSPS) is 11.4. The molecule has 0 radical (unpaired) electrons. The monoisotopic (exact) mass is 324 g/mol. The molecule has 3 nitrogen and oxygen atoms in total. The fourth-order valence-corrected chi connectivity index (χ4v) is 3.73. The first-order valence-electron chi connectivity index (χ1n) is 6.69. The number of aryl methyl sites for hydroxylation is 1. The summed E-state index contributed by atoms with van der Waals surface area (Å²) in [6.07, 6.45) is 0.587. The molecular weight excluding hydrogens is 308 g/mol. The van der Waals surface area contributed by atoms with Crippen LogP contribution in [0, 0.1) is 6.92 Å². The Kier molecular flexibility index (Phi) is 4.91. The maximum absolute atomic E-state index is 12.2. The number of halogens is 1. The zero-order chi connectivity index (χ0) is 15.5. The second-order valence-corrected chi connectivity index (χ2v) is 7.32. The van der Waals surface area contributed by atoms with Crippen molar-refractivity contribution in [2.24, 2.45) is 0 Å². The van der Waals surface area contributed by atoms with Crippen LogP contribution in [-0.4, -0.2) is 14.2 Å². The lowest BCUT2D eigenvalue weighted by Crippen LogP contribution is -2.07.